The van der Waals surface area contributed by atoms with Crippen LogP contribution >= 0.6 is 12.4 Å². The van der Waals surface area contributed by atoms with E-state index in [1.807, 2.05) is 21.8 Å². The Hall–Kier alpha value is -2.58. The fourth-order valence-electron chi connectivity index (χ4n) is 4.33. The predicted octanol–water partition coefficient (Wildman–Crippen LogP) is 1.97. The van der Waals surface area contributed by atoms with Crippen molar-refractivity contribution in [3.05, 3.63) is 42.7 Å². The zero-order valence-electron chi connectivity index (χ0n) is 16.8. The van der Waals surface area contributed by atoms with Gasteiger partial charge in [-0.15, -0.1) is 12.4 Å². The highest BCUT2D eigenvalue weighted by Gasteiger charge is 2.45. The van der Waals surface area contributed by atoms with Crippen molar-refractivity contribution in [2.45, 2.75) is 31.2 Å². The number of aromatic hydroxyl groups is 1. The summed E-state index contributed by atoms with van der Waals surface area (Å²) in [6.45, 7) is 2.72. The Kier molecular flexibility index (Phi) is 6.99. The number of phenolic OH excluding ortho intramolecular Hbond substituents is 1. The molecule has 2 aliphatic rings. The van der Waals surface area contributed by atoms with Gasteiger partial charge in [0.2, 0.25) is 5.91 Å². The third kappa shape index (κ3) is 4.44. The first-order valence-electron chi connectivity index (χ1n) is 10.2. The van der Waals surface area contributed by atoms with Gasteiger partial charge in [-0.3, -0.25) is 14.3 Å². The van der Waals surface area contributed by atoms with Crippen molar-refractivity contribution in [3.63, 3.8) is 0 Å². The third-order valence-electron chi connectivity index (χ3n) is 6.06. The number of nitrogens with one attached hydrogen (secondary N) is 2. The number of aromatic nitrogens is 2. The molecule has 0 saturated carbocycles. The highest BCUT2D eigenvalue weighted by molar-refractivity contribution is 5.93. The van der Waals surface area contributed by atoms with E-state index in [-0.39, 0.29) is 35.9 Å². The lowest BCUT2D eigenvalue weighted by atomic mass is 9.85. The van der Waals surface area contributed by atoms with Crippen LogP contribution in [0, 0.1) is 5.92 Å². The molecule has 9 heteroatoms. The lowest BCUT2D eigenvalue weighted by molar-refractivity contribution is -0.145. The Balaban J connectivity index is 0.00000256. The van der Waals surface area contributed by atoms with Crippen molar-refractivity contribution < 1.29 is 14.7 Å². The number of anilines is 1. The maximum atomic E-state index is 13.5. The van der Waals surface area contributed by atoms with Crippen LogP contribution in [0.3, 0.4) is 0 Å². The van der Waals surface area contributed by atoms with Crippen LogP contribution in [-0.4, -0.2) is 57.8 Å². The minimum atomic E-state index is -0.629. The van der Waals surface area contributed by atoms with Gasteiger partial charge >= 0.3 is 0 Å². The van der Waals surface area contributed by atoms with E-state index in [0.717, 1.165) is 25.9 Å². The van der Waals surface area contributed by atoms with Crippen LogP contribution in [0.15, 0.2) is 42.7 Å². The molecule has 4 rings (SSSR count). The number of rotatable bonds is 4. The molecular formula is C21H28ClN5O3. The van der Waals surface area contributed by atoms with Gasteiger partial charge in [0.1, 0.15) is 11.3 Å². The normalized spacial score (nSPS) is 19.0. The van der Waals surface area contributed by atoms with E-state index in [4.69, 9.17) is 0 Å². The zero-order chi connectivity index (χ0) is 20.3. The molecule has 162 valence electrons. The molecular weight excluding hydrogens is 406 g/mol. The first kappa shape index (κ1) is 22.1. The number of carbonyl (C=O) groups excluding carboxylic acids is 2. The summed E-state index contributed by atoms with van der Waals surface area (Å²) in [4.78, 5) is 28.0. The molecule has 30 heavy (non-hydrogen) atoms. The Bertz CT molecular complexity index is 842. The van der Waals surface area contributed by atoms with Crippen LogP contribution in [0.5, 0.6) is 5.75 Å². The van der Waals surface area contributed by atoms with Crippen molar-refractivity contribution in [2.75, 3.05) is 31.5 Å². The number of amides is 2. The molecule has 0 bridgehead atoms. The first-order chi connectivity index (χ1) is 14.1. The van der Waals surface area contributed by atoms with Crippen molar-refractivity contribution in [1.29, 1.82) is 0 Å². The molecule has 2 fully saturated rings. The van der Waals surface area contributed by atoms with E-state index in [9.17, 15) is 14.7 Å². The molecule has 3 heterocycles. The van der Waals surface area contributed by atoms with E-state index >= 15 is 0 Å². The van der Waals surface area contributed by atoms with Crippen LogP contribution in [0.1, 0.15) is 25.7 Å². The van der Waals surface area contributed by atoms with Gasteiger partial charge in [0.15, 0.2) is 0 Å². The van der Waals surface area contributed by atoms with Gasteiger partial charge in [0, 0.05) is 37.1 Å². The summed E-state index contributed by atoms with van der Waals surface area (Å²) < 4.78 is 1.82. The van der Waals surface area contributed by atoms with Crippen molar-refractivity contribution in [2.24, 2.45) is 5.92 Å². The van der Waals surface area contributed by atoms with E-state index in [1.165, 1.54) is 0 Å². The number of hydrogen-bond donors (Lipinski definition) is 3. The minimum absolute atomic E-state index is 0. The highest BCUT2D eigenvalue weighted by atomic mass is 35.5. The maximum Gasteiger partial charge on any atom is 0.250 e. The van der Waals surface area contributed by atoms with Crippen LogP contribution in [0.25, 0.3) is 0 Å². The topological polar surface area (TPSA) is 99.5 Å². The molecule has 0 atom stereocenters. The SMILES string of the molecule is Cl.O=C(Nc1ccc(O)cc1)C1CCN(C(=O)C2(n3cccn3)CCNCC2)CC1. The molecule has 0 spiro atoms. The zero-order valence-corrected chi connectivity index (χ0v) is 17.6. The molecule has 0 aliphatic carbocycles. The van der Waals surface area contributed by atoms with Gasteiger partial charge in [0.05, 0.1) is 0 Å². The second kappa shape index (κ2) is 9.49. The Labute approximate surface area is 182 Å². The second-order valence-electron chi connectivity index (χ2n) is 7.83. The molecule has 2 amide bonds. The average molecular weight is 434 g/mol. The van der Waals surface area contributed by atoms with Crippen molar-refractivity contribution >= 4 is 29.9 Å². The summed E-state index contributed by atoms with van der Waals surface area (Å²) in [5, 5.41) is 20.0. The molecule has 2 aromatic rings. The van der Waals surface area contributed by atoms with E-state index in [2.05, 4.69) is 15.7 Å². The molecule has 8 nitrogen and oxygen atoms in total. The van der Waals surface area contributed by atoms with E-state index in [0.29, 0.717) is 31.6 Å². The second-order valence-corrected chi connectivity index (χ2v) is 7.83. The molecule has 1 aromatic heterocycles. The summed E-state index contributed by atoms with van der Waals surface area (Å²) in [6.07, 6.45) is 6.31. The minimum Gasteiger partial charge on any atom is -0.508 e. The highest BCUT2D eigenvalue weighted by Crippen LogP contribution is 2.31. The number of carbonyl (C=O) groups is 2. The van der Waals surface area contributed by atoms with Crippen molar-refractivity contribution in [1.82, 2.24) is 20.0 Å². The number of halogens is 1. The number of piperidine rings is 2. The Morgan fingerprint density at radius 2 is 1.80 bits per heavy atom. The molecule has 1 aromatic carbocycles. The van der Waals surface area contributed by atoms with Crippen molar-refractivity contribution in [3.8, 4) is 5.75 Å². The fraction of sp³-hybridized carbons (Fsp3) is 0.476. The lowest BCUT2D eigenvalue weighted by Crippen LogP contribution is -2.57. The van der Waals surface area contributed by atoms with Gasteiger partial charge in [-0.05, 0) is 69.1 Å². The van der Waals surface area contributed by atoms with Crippen LogP contribution in [0.4, 0.5) is 5.69 Å². The number of phenols is 1. The summed E-state index contributed by atoms with van der Waals surface area (Å²) >= 11 is 0. The molecule has 2 aliphatic heterocycles. The van der Waals surface area contributed by atoms with Gasteiger partial charge in [-0.25, -0.2) is 0 Å². The Morgan fingerprint density at radius 3 is 2.40 bits per heavy atom. The quantitative estimate of drug-likeness (QED) is 0.640. The van der Waals surface area contributed by atoms with E-state index in [1.54, 1.807) is 30.5 Å². The summed E-state index contributed by atoms with van der Waals surface area (Å²) in [5.74, 6) is 0.118. The van der Waals surface area contributed by atoms with Gasteiger partial charge in [-0.1, -0.05) is 0 Å². The third-order valence-corrected chi connectivity index (χ3v) is 6.06. The van der Waals surface area contributed by atoms with Gasteiger partial charge in [0.25, 0.3) is 5.91 Å². The lowest BCUT2D eigenvalue weighted by Gasteiger charge is -2.42. The summed E-state index contributed by atoms with van der Waals surface area (Å²) in [7, 11) is 0. The standard InChI is InChI=1S/C21H27N5O3.ClH/c27-18-4-2-17(3-5-18)24-19(28)16-6-14-25(15-7-16)20(29)21(8-11-22-12-9-21)26-13-1-10-23-26;/h1-5,10,13,16,22,27H,6-9,11-12,14-15H2,(H,24,28);1H. The monoisotopic (exact) mass is 433 g/mol. The first-order valence-corrected chi connectivity index (χ1v) is 10.2. The predicted molar refractivity (Wildman–Crippen MR) is 116 cm³/mol. The number of nitrogens with zero attached hydrogens (tertiary/aromatic N) is 3. The molecule has 0 unspecified atom stereocenters. The van der Waals surface area contributed by atoms with Gasteiger partial charge in [-0.2, -0.15) is 5.10 Å². The number of benzene rings is 1. The van der Waals surface area contributed by atoms with E-state index < -0.39 is 5.54 Å². The van der Waals surface area contributed by atoms with Gasteiger partial charge < -0.3 is 20.6 Å². The largest absolute Gasteiger partial charge is 0.508 e. The number of hydrogen-bond acceptors (Lipinski definition) is 5. The molecule has 0 radical (unpaired) electrons. The summed E-state index contributed by atoms with van der Waals surface area (Å²) in [6, 6.07) is 8.31. The average Bonchev–Trinajstić information content (AvgIpc) is 3.31. The smallest absolute Gasteiger partial charge is 0.250 e. The molecule has 3 N–H and O–H groups in total. The molecule has 2 saturated heterocycles. The van der Waals surface area contributed by atoms with Crippen LogP contribution in [-0.2, 0) is 15.1 Å². The van der Waals surface area contributed by atoms with Crippen LogP contribution < -0.4 is 10.6 Å². The fourth-order valence-corrected chi connectivity index (χ4v) is 4.33. The van der Waals surface area contributed by atoms with Crippen LogP contribution in [0.2, 0.25) is 0 Å². The summed E-state index contributed by atoms with van der Waals surface area (Å²) in [5.41, 5.74) is 0.0363. The maximum absolute atomic E-state index is 13.5. The Morgan fingerprint density at radius 1 is 1.13 bits per heavy atom. The number of likely N-dealkylation sites (tertiary alicyclic amines) is 1.